The third-order valence-corrected chi connectivity index (χ3v) is 4.27. The minimum absolute atomic E-state index is 0.482. The lowest BCUT2D eigenvalue weighted by Crippen LogP contribution is -2.19. The summed E-state index contributed by atoms with van der Waals surface area (Å²) >= 11 is 0. The second-order valence-electron chi connectivity index (χ2n) is 6.04. The summed E-state index contributed by atoms with van der Waals surface area (Å²) < 4.78 is 17.1. The average molecular weight is 348 g/mol. The first-order valence-electron chi connectivity index (χ1n) is 8.69. The van der Waals surface area contributed by atoms with E-state index < -0.39 is 6.29 Å². The van der Waals surface area contributed by atoms with Crippen LogP contribution in [0.15, 0.2) is 54.7 Å². The fourth-order valence-corrected chi connectivity index (χ4v) is 2.95. The van der Waals surface area contributed by atoms with E-state index in [0.29, 0.717) is 12.4 Å². The van der Waals surface area contributed by atoms with E-state index in [9.17, 15) is 0 Å². The van der Waals surface area contributed by atoms with Gasteiger partial charge in [-0.25, -0.2) is 9.97 Å². The van der Waals surface area contributed by atoms with Crippen molar-refractivity contribution in [3.8, 4) is 34.1 Å². The molecule has 0 saturated carbocycles. The van der Waals surface area contributed by atoms with Gasteiger partial charge < -0.3 is 14.2 Å². The highest BCUT2D eigenvalue weighted by atomic mass is 16.7. The van der Waals surface area contributed by atoms with Gasteiger partial charge in [-0.05, 0) is 42.8 Å². The van der Waals surface area contributed by atoms with Crippen molar-refractivity contribution >= 4 is 0 Å². The molecule has 0 radical (unpaired) electrons. The van der Waals surface area contributed by atoms with Crippen molar-refractivity contribution < 1.29 is 14.2 Å². The summed E-state index contributed by atoms with van der Waals surface area (Å²) in [5.41, 5.74) is 3.60. The molecule has 0 fully saturated rings. The van der Waals surface area contributed by atoms with Crippen LogP contribution >= 0.6 is 0 Å². The van der Waals surface area contributed by atoms with E-state index in [-0.39, 0.29) is 0 Å². The summed E-state index contributed by atoms with van der Waals surface area (Å²) in [6.07, 6.45) is 2.24. The number of nitrogens with zero attached hydrogens (tertiary/aromatic N) is 2. The maximum Gasteiger partial charge on any atom is 0.230 e. The smallest absolute Gasteiger partial charge is 0.230 e. The lowest BCUT2D eigenvalue weighted by atomic mass is 10.0. The van der Waals surface area contributed by atoms with E-state index >= 15 is 0 Å². The molecule has 0 spiro atoms. The van der Waals surface area contributed by atoms with Gasteiger partial charge in [0, 0.05) is 17.3 Å². The molecule has 1 unspecified atom stereocenters. The molecule has 1 atom stereocenters. The molecule has 0 amide bonds. The van der Waals surface area contributed by atoms with Crippen LogP contribution in [0.2, 0.25) is 0 Å². The standard InChI is InChI=1S/C21H20N2O3/c1-3-12-25-21-17-13-22-20(14-8-10-15(24-2)11-9-14)23-19(17)16-6-4-5-7-18(16)26-21/h4-11,13,21H,3,12H2,1-2H3. The van der Waals surface area contributed by atoms with E-state index in [1.165, 1.54) is 0 Å². The number of aromatic nitrogens is 2. The SMILES string of the molecule is CCCOC1Oc2ccccc2-c2nc(-c3ccc(OC)cc3)ncc21. The first-order chi connectivity index (χ1) is 12.8. The summed E-state index contributed by atoms with van der Waals surface area (Å²) in [5.74, 6) is 2.25. The topological polar surface area (TPSA) is 53.5 Å². The van der Waals surface area contributed by atoms with Gasteiger partial charge in [-0.2, -0.15) is 0 Å². The molecule has 26 heavy (non-hydrogen) atoms. The summed E-state index contributed by atoms with van der Waals surface area (Å²) in [6.45, 7) is 2.69. The number of ether oxygens (including phenoxy) is 3. The fourth-order valence-electron chi connectivity index (χ4n) is 2.95. The minimum atomic E-state index is -0.482. The molecular formula is C21H20N2O3. The normalized spacial score (nSPS) is 14.9. The van der Waals surface area contributed by atoms with E-state index in [4.69, 9.17) is 19.2 Å². The average Bonchev–Trinajstić information content (AvgIpc) is 2.71. The third-order valence-electron chi connectivity index (χ3n) is 4.27. The van der Waals surface area contributed by atoms with Crippen LogP contribution in [0.4, 0.5) is 0 Å². The molecule has 132 valence electrons. The molecule has 2 heterocycles. The molecule has 0 N–H and O–H groups in total. The number of rotatable bonds is 5. The maximum absolute atomic E-state index is 6.02. The zero-order valence-electron chi connectivity index (χ0n) is 14.8. The molecule has 1 aliphatic rings. The van der Waals surface area contributed by atoms with E-state index in [1.54, 1.807) is 13.3 Å². The zero-order chi connectivity index (χ0) is 17.9. The van der Waals surface area contributed by atoms with Crippen LogP contribution < -0.4 is 9.47 Å². The van der Waals surface area contributed by atoms with Crippen LogP contribution in [0, 0.1) is 0 Å². The fraction of sp³-hybridized carbons (Fsp3) is 0.238. The van der Waals surface area contributed by atoms with Crippen LogP contribution in [0.3, 0.4) is 0 Å². The molecule has 5 heteroatoms. The second kappa shape index (κ2) is 7.14. The maximum atomic E-state index is 6.02. The van der Waals surface area contributed by atoms with Gasteiger partial charge in [0.05, 0.1) is 25.0 Å². The first-order valence-corrected chi connectivity index (χ1v) is 8.69. The first kappa shape index (κ1) is 16.5. The highest BCUT2D eigenvalue weighted by molar-refractivity contribution is 5.73. The predicted octanol–water partition coefficient (Wildman–Crippen LogP) is 4.64. The highest BCUT2D eigenvalue weighted by Crippen LogP contribution is 2.41. The molecule has 5 nitrogen and oxygen atoms in total. The van der Waals surface area contributed by atoms with Gasteiger partial charge >= 0.3 is 0 Å². The number of hydrogen-bond donors (Lipinski definition) is 0. The Hall–Kier alpha value is -2.92. The number of benzene rings is 2. The minimum Gasteiger partial charge on any atom is -0.497 e. The number of para-hydroxylation sites is 1. The van der Waals surface area contributed by atoms with Crippen LogP contribution in [-0.2, 0) is 4.74 Å². The van der Waals surface area contributed by atoms with Crippen molar-refractivity contribution in [2.24, 2.45) is 0 Å². The van der Waals surface area contributed by atoms with E-state index in [0.717, 1.165) is 40.3 Å². The van der Waals surface area contributed by atoms with Gasteiger partial charge in [-0.15, -0.1) is 0 Å². The lowest BCUT2D eigenvalue weighted by Gasteiger charge is -2.27. The molecule has 0 aliphatic carbocycles. The third kappa shape index (κ3) is 3.02. The van der Waals surface area contributed by atoms with Gasteiger partial charge in [0.1, 0.15) is 11.5 Å². The van der Waals surface area contributed by atoms with Crippen molar-refractivity contribution in [2.45, 2.75) is 19.6 Å². The highest BCUT2D eigenvalue weighted by Gasteiger charge is 2.28. The predicted molar refractivity (Wildman–Crippen MR) is 99.1 cm³/mol. The van der Waals surface area contributed by atoms with Crippen LogP contribution in [0.1, 0.15) is 25.2 Å². The molecule has 0 bridgehead atoms. The molecule has 4 rings (SSSR count). The Labute approximate surface area is 152 Å². The Kier molecular flexibility index (Phi) is 4.54. The van der Waals surface area contributed by atoms with Gasteiger partial charge in [0.25, 0.3) is 0 Å². The quantitative estimate of drug-likeness (QED) is 0.672. The largest absolute Gasteiger partial charge is 0.497 e. The van der Waals surface area contributed by atoms with Crippen molar-refractivity contribution in [1.82, 2.24) is 9.97 Å². The van der Waals surface area contributed by atoms with Crippen LogP contribution in [0.25, 0.3) is 22.6 Å². The number of fused-ring (bicyclic) bond motifs is 3. The molecule has 0 saturated heterocycles. The van der Waals surface area contributed by atoms with Crippen molar-refractivity contribution in [1.29, 1.82) is 0 Å². The summed E-state index contributed by atoms with van der Waals surface area (Å²) in [5, 5.41) is 0. The summed E-state index contributed by atoms with van der Waals surface area (Å²) in [7, 11) is 1.65. The zero-order valence-corrected chi connectivity index (χ0v) is 14.8. The number of hydrogen-bond acceptors (Lipinski definition) is 5. The monoisotopic (exact) mass is 348 g/mol. The van der Waals surface area contributed by atoms with E-state index in [2.05, 4.69) is 11.9 Å². The van der Waals surface area contributed by atoms with Gasteiger partial charge in [0.15, 0.2) is 5.82 Å². The Bertz CT molecular complexity index is 909. The second-order valence-corrected chi connectivity index (χ2v) is 6.04. The van der Waals surface area contributed by atoms with Crippen LogP contribution in [-0.4, -0.2) is 23.7 Å². The molecule has 1 aromatic heterocycles. The Morgan fingerprint density at radius 1 is 1.08 bits per heavy atom. The Morgan fingerprint density at radius 2 is 1.88 bits per heavy atom. The van der Waals surface area contributed by atoms with Crippen molar-refractivity contribution in [3.63, 3.8) is 0 Å². The van der Waals surface area contributed by atoms with Gasteiger partial charge in [-0.3, -0.25) is 0 Å². The summed E-state index contributed by atoms with van der Waals surface area (Å²) in [4.78, 5) is 9.36. The van der Waals surface area contributed by atoms with Crippen molar-refractivity contribution in [3.05, 3.63) is 60.3 Å². The lowest BCUT2D eigenvalue weighted by molar-refractivity contribution is -0.0851. The van der Waals surface area contributed by atoms with Crippen molar-refractivity contribution in [2.75, 3.05) is 13.7 Å². The Morgan fingerprint density at radius 3 is 2.65 bits per heavy atom. The molecule has 3 aromatic rings. The molecular weight excluding hydrogens is 328 g/mol. The number of methoxy groups -OCH3 is 1. The van der Waals surface area contributed by atoms with E-state index in [1.807, 2.05) is 48.5 Å². The molecule has 2 aromatic carbocycles. The van der Waals surface area contributed by atoms with Crippen LogP contribution in [0.5, 0.6) is 11.5 Å². The summed E-state index contributed by atoms with van der Waals surface area (Å²) in [6, 6.07) is 15.6. The Balaban J connectivity index is 1.78. The van der Waals surface area contributed by atoms with Gasteiger partial charge in [0.2, 0.25) is 6.29 Å². The van der Waals surface area contributed by atoms with Gasteiger partial charge in [-0.1, -0.05) is 19.1 Å². The molecule has 1 aliphatic heterocycles.